The molecule has 3 aliphatic rings. The minimum absolute atomic E-state index is 0.0179. The van der Waals surface area contributed by atoms with Crippen molar-refractivity contribution in [2.45, 2.75) is 76.4 Å². The summed E-state index contributed by atoms with van der Waals surface area (Å²) in [5.41, 5.74) is 5.10. The van der Waals surface area contributed by atoms with Gasteiger partial charge in [-0.25, -0.2) is 0 Å². The van der Waals surface area contributed by atoms with Gasteiger partial charge in [-0.05, 0) is 120 Å². The quantitative estimate of drug-likeness (QED) is 0.109. The summed E-state index contributed by atoms with van der Waals surface area (Å²) >= 11 is 0. The molecule has 5 aromatic carbocycles. The Labute approximate surface area is 330 Å². The number of benzene rings is 5. The van der Waals surface area contributed by atoms with Crippen LogP contribution in [0.15, 0.2) is 133 Å². The van der Waals surface area contributed by atoms with Crippen LogP contribution < -0.4 is 9.47 Å². The molecule has 56 heavy (non-hydrogen) atoms. The van der Waals surface area contributed by atoms with Gasteiger partial charge in [-0.15, -0.1) is 0 Å². The van der Waals surface area contributed by atoms with Crippen molar-refractivity contribution >= 4 is 16.6 Å². The number of unbranched alkanes of at least 4 members (excludes halogenated alkanes) is 1. The Balaban J connectivity index is 1.20. The van der Waals surface area contributed by atoms with Crippen LogP contribution in [-0.4, -0.2) is 29.2 Å². The first-order valence-electron chi connectivity index (χ1n) is 19.8. The zero-order valence-corrected chi connectivity index (χ0v) is 32.0. The number of hydrogen-bond donors (Lipinski definition) is 2. The number of aryl methyl sites for hydroxylation is 2. The Morgan fingerprint density at radius 2 is 1.61 bits per heavy atom. The molecule has 0 spiro atoms. The van der Waals surface area contributed by atoms with Gasteiger partial charge in [0, 0.05) is 18.4 Å². The molecule has 286 valence electrons. The monoisotopic (exact) mass is 746 g/mol. The number of allylic oxidation sites excluding steroid dienone is 3. The highest BCUT2D eigenvalue weighted by molar-refractivity contribution is 5.89. The van der Waals surface area contributed by atoms with E-state index < -0.39 is 12.0 Å². The number of methoxy groups -OCH3 is 1. The molecule has 0 aromatic heterocycles. The molecule has 0 saturated carbocycles. The molecule has 0 saturated heterocycles. The zero-order chi connectivity index (χ0) is 38.7. The highest BCUT2D eigenvalue weighted by atomic mass is 16.5. The number of hydrogen-bond acceptors (Lipinski definition) is 6. The molecular weight excluding hydrogens is 697 g/mol. The number of aromatic hydroxyl groups is 1. The van der Waals surface area contributed by atoms with Gasteiger partial charge in [0.25, 0.3) is 0 Å². The Bertz CT molecular complexity index is 2230. The van der Waals surface area contributed by atoms with Gasteiger partial charge >= 0.3 is 0 Å². The van der Waals surface area contributed by atoms with E-state index in [1.54, 1.807) is 19.3 Å². The van der Waals surface area contributed by atoms with Gasteiger partial charge in [0.2, 0.25) is 0 Å². The topological polar surface area (TPSA) is 85.2 Å². The number of rotatable bonds is 10. The largest absolute Gasteiger partial charge is 0.508 e. The molecule has 1 aliphatic carbocycles. The normalized spacial score (nSPS) is 19.8. The molecule has 5 aromatic rings. The highest BCUT2D eigenvalue weighted by Gasteiger charge is 2.27. The molecule has 2 heterocycles. The van der Waals surface area contributed by atoms with E-state index in [0.717, 1.165) is 58.7 Å². The average molecular weight is 747 g/mol. The van der Waals surface area contributed by atoms with Crippen LogP contribution in [0.3, 0.4) is 0 Å². The van der Waals surface area contributed by atoms with Crippen molar-refractivity contribution in [3.8, 4) is 29.3 Å². The molecule has 0 radical (unpaired) electrons. The third kappa shape index (κ3) is 10.0. The number of aliphatic hydroxyl groups is 1. The van der Waals surface area contributed by atoms with Gasteiger partial charge in [0.05, 0.1) is 13.0 Å². The second-order valence-corrected chi connectivity index (χ2v) is 15.0. The molecule has 2 aliphatic heterocycles. The van der Waals surface area contributed by atoms with Crippen LogP contribution in [0.25, 0.3) is 10.8 Å². The minimum atomic E-state index is -0.500. The molecule has 0 amide bonds. The summed E-state index contributed by atoms with van der Waals surface area (Å²) in [6.07, 6.45) is 14.6. The van der Waals surface area contributed by atoms with Crippen LogP contribution in [0.5, 0.6) is 17.2 Å². The fraction of sp³-hybridized carbons (Fsp3) is 0.300. The number of carbonyl (C=O) groups excluding carboxylic acids is 1. The van der Waals surface area contributed by atoms with E-state index in [1.807, 2.05) is 66.7 Å². The summed E-state index contributed by atoms with van der Waals surface area (Å²) in [6.45, 7) is 0.321. The maximum atomic E-state index is 13.7. The number of phenols is 1. The summed E-state index contributed by atoms with van der Waals surface area (Å²) in [6, 6.07) is 36.3. The molecule has 0 fully saturated rings. The number of ketones is 1. The van der Waals surface area contributed by atoms with Crippen LogP contribution >= 0.6 is 0 Å². The Morgan fingerprint density at radius 1 is 0.821 bits per heavy atom. The van der Waals surface area contributed by atoms with E-state index in [-0.39, 0.29) is 35.5 Å². The summed E-state index contributed by atoms with van der Waals surface area (Å²) in [4.78, 5) is 13.7. The first-order chi connectivity index (χ1) is 27.4. The fourth-order valence-electron chi connectivity index (χ4n) is 8.05. The van der Waals surface area contributed by atoms with E-state index in [9.17, 15) is 15.0 Å². The zero-order valence-electron chi connectivity index (χ0n) is 32.0. The maximum absolute atomic E-state index is 13.7. The van der Waals surface area contributed by atoms with Gasteiger partial charge < -0.3 is 24.4 Å². The van der Waals surface area contributed by atoms with E-state index >= 15 is 0 Å². The van der Waals surface area contributed by atoms with Gasteiger partial charge in [-0.2, -0.15) is 0 Å². The Kier molecular flexibility index (Phi) is 12.7. The van der Waals surface area contributed by atoms with E-state index in [1.165, 1.54) is 5.56 Å². The van der Waals surface area contributed by atoms with Crippen molar-refractivity contribution < 1.29 is 29.2 Å². The van der Waals surface area contributed by atoms with Crippen molar-refractivity contribution in [1.82, 2.24) is 0 Å². The molecule has 6 nitrogen and oxygen atoms in total. The third-order valence-electron chi connectivity index (χ3n) is 11.0. The van der Waals surface area contributed by atoms with E-state index in [4.69, 9.17) is 14.2 Å². The SMILES string of the molecule is COc1ccc2cc1OCc1ccc3c(c(O)ccc3c1)[C@@H](Cc1ccccc1)C#CO[C@@H](C[C@H]1C=C(O)C=C[C@@H]1CCCCc1ccccc1)CC(=O)CC2. The first kappa shape index (κ1) is 38.3. The molecular formula is C50H50O6. The van der Waals surface area contributed by atoms with Crippen molar-refractivity contribution in [2.75, 3.05) is 7.11 Å². The molecule has 0 unspecified atom stereocenters. The number of phenolic OH excluding ortho intramolecular Hbond substituents is 1. The number of aliphatic hydroxyl groups excluding tert-OH is 1. The Morgan fingerprint density at radius 3 is 2.41 bits per heavy atom. The van der Waals surface area contributed by atoms with Crippen molar-refractivity contribution in [3.63, 3.8) is 0 Å². The molecule has 8 rings (SSSR count). The lowest BCUT2D eigenvalue weighted by Gasteiger charge is -2.28. The molecule has 6 bridgehead atoms. The standard InChI is InChI=1S/C50H50O6/c1-54-48-25-18-37-16-21-44(52)33-45(32-42-31-43(51)22-19-39(42)15-9-8-12-35-10-4-2-5-11-35)55-27-26-41(28-36-13-6-3-7-14-36)50-46-23-17-38(34-56-49(48)30-37)29-40(46)20-24-47(50)53/h2-7,10-11,13-14,17-20,22-25,29-31,39,41-42,45,51,53H,8-9,12,15-16,21,28,32-34H2,1H3/t39-,41+,42+,45-/m0/s1. The summed E-state index contributed by atoms with van der Waals surface area (Å²) in [5.74, 6) is 4.89. The Hall–Kier alpha value is -5.93. The second kappa shape index (κ2) is 18.6. The predicted molar refractivity (Wildman–Crippen MR) is 222 cm³/mol. The third-order valence-corrected chi connectivity index (χ3v) is 11.0. The van der Waals surface area contributed by atoms with Crippen LogP contribution in [0.1, 0.15) is 72.3 Å². The van der Waals surface area contributed by atoms with Crippen molar-refractivity contribution in [3.05, 3.63) is 161 Å². The van der Waals surface area contributed by atoms with E-state index in [0.29, 0.717) is 43.8 Å². The van der Waals surface area contributed by atoms with E-state index in [2.05, 4.69) is 60.6 Å². The molecule has 2 N–H and O–H groups in total. The van der Waals surface area contributed by atoms with Crippen LogP contribution in [0, 0.1) is 23.9 Å². The first-order valence-corrected chi connectivity index (χ1v) is 19.8. The number of Topliss-reactive ketones (excluding diaryl/α,β-unsaturated/α-hetero) is 1. The smallest absolute Gasteiger partial charge is 0.161 e. The lowest BCUT2D eigenvalue weighted by Crippen LogP contribution is -2.24. The minimum Gasteiger partial charge on any atom is -0.508 e. The lowest BCUT2D eigenvalue weighted by molar-refractivity contribution is -0.121. The van der Waals surface area contributed by atoms with Crippen molar-refractivity contribution in [2.24, 2.45) is 11.8 Å². The maximum Gasteiger partial charge on any atom is 0.161 e. The number of fused-ring (bicyclic) bond motifs is 9. The summed E-state index contributed by atoms with van der Waals surface area (Å²) in [5, 5.41) is 23.9. The van der Waals surface area contributed by atoms with Gasteiger partial charge in [-0.3, -0.25) is 4.79 Å². The van der Waals surface area contributed by atoms with Gasteiger partial charge in [-0.1, -0.05) is 103 Å². The number of ether oxygens (including phenoxy) is 3. The molecule has 4 atom stereocenters. The van der Waals surface area contributed by atoms with Crippen LogP contribution in [-0.2, 0) is 35.4 Å². The molecule has 6 heteroatoms. The highest BCUT2D eigenvalue weighted by Crippen LogP contribution is 2.37. The van der Waals surface area contributed by atoms with Gasteiger partial charge in [0.1, 0.15) is 36.1 Å². The number of carbonyl (C=O) groups is 1. The van der Waals surface area contributed by atoms with Gasteiger partial charge in [0.15, 0.2) is 11.5 Å². The fourth-order valence-corrected chi connectivity index (χ4v) is 8.05. The predicted octanol–water partition coefficient (Wildman–Crippen LogP) is 10.8. The lowest BCUT2D eigenvalue weighted by atomic mass is 9.80. The summed E-state index contributed by atoms with van der Waals surface area (Å²) in [7, 11) is 1.62. The van der Waals surface area contributed by atoms with Crippen LogP contribution in [0.4, 0.5) is 0 Å². The average Bonchev–Trinajstić information content (AvgIpc) is 3.21. The summed E-state index contributed by atoms with van der Waals surface area (Å²) < 4.78 is 18.4. The van der Waals surface area contributed by atoms with Crippen LogP contribution in [0.2, 0.25) is 0 Å². The van der Waals surface area contributed by atoms with Crippen molar-refractivity contribution in [1.29, 1.82) is 0 Å². The second-order valence-electron chi connectivity index (χ2n) is 15.0.